The number of hydrogen-bond acceptors (Lipinski definition) is 3. The highest BCUT2D eigenvalue weighted by Crippen LogP contribution is 2.26. The molecule has 0 N–H and O–H groups in total. The summed E-state index contributed by atoms with van der Waals surface area (Å²) >= 11 is 0. The number of hydrogen-bond donors (Lipinski definition) is 0. The molecule has 1 saturated heterocycles. The summed E-state index contributed by atoms with van der Waals surface area (Å²) in [5.74, 6) is 0. The van der Waals surface area contributed by atoms with Gasteiger partial charge in [-0.05, 0) is 39.9 Å². The SMILES string of the molecule is CCN(C)[C@H]1CCC[C@@H](N2CCN(C)CC2)C1. The van der Waals surface area contributed by atoms with Crippen molar-refractivity contribution in [3.63, 3.8) is 0 Å². The quantitative estimate of drug-likeness (QED) is 0.739. The summed E-state index contributed by atoms with van der Waals surface area (Å²) in [5, 5.41) is 0. The van der Waals surface area contributed by atoms with Gasteiger partial charge in [0, 0.05) is 38.3 Å². The minimum Gasteiger partial charge on any atom is -0.304 e. The lowest BCUT2D eigenvalue weighted by molar-refractivity contribution is 0.0631. The van der Waals surface area contributed by atoms with E-state index in [2.05, 4.69) is 35.7 Å². The normalized spacial score (nSPS) is 33.2. The third-order valence-electron chi connectivity index (χ3n) is 4.80. The van der Waals surface area contributed by atoms with Crippen molar-refractivity contribution in [2.45, 2.75) is 44.7 Å². The maximum atomic E-state index is 2.75. The fourth-order valence-electron chi connectivity index (χ4n) is 3.32. The molecule has 3 heteroatoms. The van der Waals surface area contributed by atoms with E-state index >= 15 is 0 Å². The van der Waals surface area contributed by atoms with Crippen molar-refractivity contribution in [1.82, 2.24) is 14.7 Å². The van der Waals surface area contributed by atoms with E-state index in [1.165, 1.54) is 58.4 Å². The first-order valence-electron chi connectivity index (χ1n) is 7.33. The Morgan fingerprint density at radius 3 is 2.47 bits per heavy atom. The topological polar surface area (TPSA) is 9.72 Å². The van der Waals surface area contributed by atoms with Gasteiger partial charge >= 0.3 is 0 Å². The molecule has 17 heavy (non-hydrogen) atoms. The average Bonchev–Trinajstić information content (AvgIpc) is 2.39. The van der Waals surface area contributed by atoms with Crippen molar-refractivity contribution in [3.8, 4) is 0 Å². The lowest BCUT2D eigenvalue weighted by atomic mass is 9.89. The summed E-state index contributed by atoms with van der Waals surface area (Å²) in [6, 6.07) is 1.69. The molecule has 2 aliphatic rings. The number of rotatable bonds is 3. The van der Waals surface area contributed by atoms with E-state index in [0.717, 1.165) is 12.1 Å². The third-order valence-corrected chi connectivity index (χ3v) is 4.80. The van der Waals surface area contributed by atoms with Gasteiger partial charge in [0.25, 0.3) is 0 Å². The zero-order valence-corrected chi connectivity index (χ0v) is 11.9. The van der Waals surface area contributed by atoms with Crippen molar-refractivity contribution in [2.75, 3.05) is 46.8 Å². The predicted octanol–water partition coefficient (Wildman–Crippen LogP) is 1.50. The molecule has 0 spiro atoms. The Labute approximate surface area is 107 Å². The van der Waals surface area contributed by atoms with Crippen molar-refractivity contribution in [1.29, 1.82) is 0 Å². The minimum absolute atomic E-state index is 0.832. The molecule has 1 saturated carbocycles. The van der Waals surface area contributed by atoms with Crippen LogP contribution < -0.4 is 0 Å². The van der Waals surface area contributed by atoms with E-state index in [9.17, 15) is 0 Å². The van der Waals surface area contributed by atoms with Gasteiger partial charge in [-0.15, -0.1) is 0 Å². The maximum absolute atomic E-state index is 2.75. The van der Waals surface area contributed by atoms with Crippen LogP contribution in [0.1, 0.15) is 32.6 Å². The molecule has 3 nitrogen and oxygen atoms in total. The highest BCUT2D eigenvalue weighted by Gasteiger charge is 2.29. The molecular formula is C14H29N3. The van der Waals surface area contributed by atoms with Gasteiger partial charge in [-0.1, -0.05) is 13.3 Å². The molecule has 2 atom stereocenters. The second-order valence-corrected chi connectivity index (χ2v) is 5.89. The van der Waals surface area contributed by atoms with E-state index in [1.54, 1.807) is 0 Å². The molecule has 0 aromatic heterocycles. The summed E-state index contributed by atoms with van der Waals surface area (Å²) in [4.78, 5) is 7.74. The molecule has 0 bridgehead atoms. The Bertz CT molecular complexity index is 224. The molecule has 2 rings (SSSR count). The third kappa shape index (κ3) is 3.43. The largest absolute Gasteiger partial charge is 0.304 e. The maximum Gasteiger partial charge on any atom is 0.0113 e. The van der Waals surface area contributed by atoms with E-state index in [4.69, 9.17) is 0 Å². The van der Waals surface area contributed by atoms with Gasteiger partial charge in [0.05, 0.1) is 0 Å². The summed E-state index contributed by atoms with van der Waals surface area (Å²) < 4.78 is 0. The second-order valence-electron chi connectivity index (χ2n) is 5.89. The summed E-state index contributed by atoms with van der Waals surface area (Å²) in [6.07, 6.45) is 5.66. The van der Waals surface area contributed by atoms with Gasteiger partial charge in [0.2, 0.25) is 0 Å². The molecule has 1 heterocycles. The zero-order valence-electron chi connectivity index (χ0n) is 11.9. The predicted molar refractivity (Wildman–Crippen MR) is 73.4 cm³/mol. The molecule has 0 amide bonds. The van der Waals surface area contributed by atoms with Crippen LogP contribution in [0.5, 0.6) is 0 Å². The summed E-state index contributed by atoms with van der Waals surface area (Å²) in [5.41, 5.74) is 0. The van der Waals surface area contributed by atoms with Crippen molar-refractivity contribution in [2.24, 2.45) is 0 Å². The van der Waals surface area contributed by atoms with Gasteiger partial charge in [0.1, 0.15) is 0 Å². The van der Waals surface area contributed by atoms with Crippen LogP contribution in [-0.4, -0.2) is 73.6 Å². The molecule has 0 aromatic rings. The van der Waals surface area contributed by atoms with Gasteiger partial charge in [0.15, 0.2) is 0 Å². The molecule has 0 radical (unpaired) electrons. The second kappa shape index (κ2) is 6.17. The monoisotopic (exact) mass is 239 g/mol. The van der Waals surface area contributed by atoms with Crippen LogP contribution in [-0.2, 0) is 0 Å². The van der Waals surface area contributed by atoms with Gasteiger partial charge < -0.3 is 9.80 Å². The van der Waals surface area contributed by atoms with Crippen LogP contribution in [0.25, 0.3) is 0 Å². The van der Waals surface area contributed by atoms with Crippen molar-refractivity contribution >= 4 is 0 Å². The zero-order chi connectivity index (χ0) is 12.3. The van der Waals surface area contributed by atoms with Crippen LogP contribution in [0.15, 0.2) is 0 Å². The molecular weight excluding hydrogens is 210 g/mol. The molecule has 1 aliphatic heterocycles. The van der Waals surface area contributed by atoms with Crippen LogP contribution in [0.2, 0.25) is 0 Å². The number of nitrogens with zero attached hydrogens (tertiary/aromatic N) is 3. The molecule has 2 fully saturated rings. The van der Waals surface area contributed by atoms with Gasteiger partial charge in [-0.3, -0.25) is 4.90 Å². The fraction of sp³-hybridized carbons (Fsp3) is 1.00. The first kappa shape index (κ1) is 13.3. The first-order chi connectivity index (χ1) is 8.20. The van der Waals surface area contributed by atoms with Crippen molar-refractivity contribution in [3.05, 3.63) is 0 Å². The summed E-state index contributed by atoms with van der Waals surface area (Å²) in [6.45, 7) is 8.54. The van der Waals surface area contributed by atoms with E-state index < -0.39 is 0 Å². The Morgan fingerprint density at radius 1 is 1.12 bits per heavy atom. The molecule has 100 valence electrons. The Morgan fingerprint density at radius 2 is 1.82 bits per heavy atom. The fourth-order valence-corrected chi connectivity index (χ4v) is 3.32. The van der Waals surface area contributed by atoms with E-state index in [1.807, 2.05) is 0 Å². The molecule has 1 aliphatic carbocycles. The average molecular weight is 239 g/mol. The Balaban J connectivity index is 1.84. The van der Waals surface area contributed by atoms with Crippen LogP contribution >= 0.6 is 0 Å². The van der Waals surface area contributed by atoms with Crippen LogP contribution in [0.3, 0.4) is 0 Å². The number of likely N-dealkylation sites (N-methyl/N-ethyl adjacent to an activating group) is 1. The van der Waals surface area contributed by atoms with Gasteiger partial charge in [-0.2, -0.15) is 0 Å². The van der Waals surface area contributed by atoms with Crippen molar-refractivity contribution < 1.29 is 0 Å². The lowest BCUT2D eigenvalue weighted by Crippen LogP contribution is -2.52. The molecule has 0 unspecified atom stereocenters. The first-order valence-corrected chi connectivity index (χ1v) is 7.33. The number of piperazine rings is 1. The van der Waals surface area contributed by atoms with Crippen LogP contribution in [0.4, 0.5) is 0 Å². The smallest absolute Gasteiger partial charge is 0.0113 e. The Kier molecular flexibility index (Phi) is 4.83. The molecule has 0 aromatic carbocycles. The minimum atomic E-state index is 0.832. The standard InChI is InChI=1S/C14H29N3/c1-4-16(3)13-6-5-7-14(12-13)17-10-8-15(2)9-11-17/h13-14H,4-12H2,1-3H3/t13-,14+/m0/s1. The highest BCUT2D eigenvalue weighted by molar-refractivity contribution is 4.86. The van der Waals surface area contributed by atoms with Gasteiger partial charge in [-0.25, -0.2) is 0 Å². The van der Waals surface area contributed by atoms with Crippen LogP contribution in [0, 0.1) is 0 Å². The lowest BCUT2D eigenvalue weighted by Gasteiger charge is -2.43. The Hall–Kier alpha value is -0.120. The van der Waals surface area contributed by atoms with E-state index in [-0.39, 0.29) is 0 Å². The summed E-state index contributed by atoms with van der Waals surface area (Å²) in [7, 11) is 4.53. The highest BCUT2D eigenvalue weighted by atomic mass is 15.3. The van der Waals surface area contributed by atoms with E-state index in [0.29, 0.717) is 0 Å².